The number of amides is 1. The number of nitrogens with one attached hydrogen (secondary N) is 1. The number of hydrogen-bond acceptors (Lipinski definition) is 1. The second-order valence-electron chi connectivity index (χ2n) is 3.82. The first-order valence-electron chi connectivity index (χ1n) is 4.37. The highest BCUT2D eigenvalue weighted by molar-refractivity contribution is 5.79. The van der Waals surface area contributed by atoms with Crippen molar-refractivity contribution in [3.63, 3.8) is 0 Å². The Labute approximate surface area is 68.4 Å². The highest BCUT2D eigenvalue weighted by atomic mass is 16.1. The molecule has 1 rings (SSSR count). The van der Waals surface area contributed by atoms with Gasteiger partial charge in [0.1, 0.15) is 0 Å². The summed E-state index contributed by atoms with van der Waals surface area (Å²) in [6.45, 7) is 7.44. The number of carbonyl (C=O) groups excluding carboxylic acids is 1. The molecule has 1 aliphatic rings. The van der Waals surface area contributed by atoms with E-state index >= 15 is 0 Å². The van der Waals surface area contributed by atoms with Gasteiger partial charge in [-0.2, -0.15) is 0 Å². The minimum absolute atomic E-state index is 0.223. The molecular formula is C9H17NO. The normalized spacial score (nSPS) is 31.1. The predicted molar refractivity (Wildman–Crippen MR) is 45.2 cm³/mol. The van der Waals surface area contributed by atoms with Crippen LogP contribution in [0.3, 0.4) is 0 Å². The number of carbonyl (C=O) groups is 1. The van der Waals surface area contributed by atoms with E-state index in [1.54, 1.807) is 0 Å². The summed E-state index contributed by atoms with van der Waals surface area (Å²) >= 11 is 0. The van der Waals surface area contributed by atoms with Gasteiger partial charge in [-0.05, 0) is 17.8 Å². The van der Waals surface area contributed by atoms with E-state index in [1.165, 1.54) is 0 Å². The van der Waals surface area contributed by atoms with Crippen LogP contribution >= 0.6 is 0 Å². The fourth-order valence-electron chi connectivity index (χ4n) is 1.79. The van der Waals surface area contributed by atoms with E-state index in [0.717, 1.165) is 19.4 Å². The molecule has 0 aliphatic carbocycles. The minimum Gasteiger partial charge on any atom is -0.356 e. The largest absolute Gasteiger partial charge is 0.356 e. The number of rotatable bonds is 2. The van der Waals surface area contributed by atoms with E-state index in [0.29, 0.717) is 5.92 Å². The molecule has 0 aromatic heterocycles. The van der Waals surface area contributed by atoms with Gasteiger partial charge in [0.15, 0.2) is 0 Å². The van der Waals surface area contributed by atoms with Gasteiger partial charge in [-0.1, -0.05) is 20.8 Å². The lowest BCUT2D eigenvalue weighted by molar-refractivity contribution is -0.119. The molecule has 1 saturated heterocycles. The molecule has 1 heterocycles. The molecule has 0 saturated carbocycles. The lowest BCUT2D eigenvalue weighted by atomic mass is 9.74. The van der Waals surface area contributed by atoms with Gasteiger partial charge < -0.3 is 5.32 Å². The summed E-state index contributed by atoms with van der Waals surface area (Å²) < 4.78 is 0. The van der Waals surface area contributed by atoms with Gasteiger partial charge in [0.05, 0.1) is 0 Å². The van der Waals surface area contributed by atoms with E-state index in [1.807, 2.05) is 0 Å². The first-order chi connectivity index (χ1) is 5.10. The summed E-state index contributed by atoms with van der Waals surface area (Å²) in [6.07, 6.45) is 1.82. The molecule has 1 N–H and O–H groups in total. The third-order valence-corrected chi connectivity index (χ3v) is 3.08. The molecule has 11 heavy (non-hydrogen) atoms. The topological polar surface area (TPSA) is 29.1 Å². The van der Waals surface area contributed by atoms with E-state index in [-0.39, 0.29) is 11.3 Å². The quantitative estimate of drug-likeness (QED) is 0.644. The Morgan fingerprint density at radius 2 is 2.27 bits per heavy atom. The molecule has 1 aliphatic heterocycles. The van der Waals surface area contributed by atoms with E-state index < -0.39 is 0 Å². The lowest BCUT2D eigenvalue weighted by Gasteiger charge is -2.29. The molecule has 2 nitrogen and oxygen atoms in total. The Morgan fingerprint density at radius 3 is 2.45 bits per heavy atom. The maximum Gasteiger partial charge on any atom is 0.220 e. The van der Waals surface area contributed by atoms with Crippen LogP contribution in [0.2, 0.25) is 0 Å². The summed E-state index contributed by atoms with van der Waals surface area (Å²) in [5.41, 5.74) is 0.247. The molecule has 1 atom stereocenters. The Hall–Kier alpha value is -0.530. The molecule has 1 fully saturated rings. The van der Waals surface area contributed by atoms with Crippen molar-refractivity contribution in [3.05, 3.63) is 0 Å². The minimum atomic E-state index is 0.223. The second kappa shape index (κ2) is 2.84. The molecule has 0 spiro atoms. The van der Waals surface area contributed by atoms with E-state index in [4.69, 9.17) is 0 Å². The van der Waals surface area contributed by atoms with Crippen LogP contribution in [0.25, 0.3) is 0 Å². The van der Waals surface area contributed by atoms with Crippen molar-refractivity contribution in [2.45, 2.75) is 33.6 Å². The lowest BCUT2D eigenvalue weighted by Crippen LogP contribution is -2.28. The molecule has 1 amide bonds. The van der Waals surface area contributed by atoms with Crippen LogP contribution in [0, 0.1) is 11.3 Å². The Bertz CT molecular complexity index is 165. The molecule has 0 aromatic carbocycles. The summed E-state index contributed by atoms with van der Waals surface area (Å²) in [7, 11) is 0. The van der Waals surface area contributed by atoms with Crippen molar-refractivity contribution >= 4 is 5.91 Å². The average molecular weight is 155 g/mol. The van der Waals surface area contributed by atoms with Crippen molar-refractivity contribution in [1.29, 1.82) is 0 Å². The molecule has 0 aromatic rings. The summed E-state index contributed by atoms with van der Waals surface area (Å²) in [6, 6.07) is 0. The van der Waals surface area contributed by atoms with Gasteiger partial charge in [-0.3, -0.25) is 4.79 Å². The van der Waals surface area contributed by atoms with Crippen LogP contribution in [0.15, 0.2) is 0 Å². The first-order valence-corrected chi connectivity index (χ1v) is 4.37. The van der Waals surface area contributed by atoms with Crippen LogP contribution in [0.1, 0.15) is 33.6 Å². The number of hydrogen-bond donors (Lipinski definition) is 1. The van der Waals surface area contributed by atoms with E-state index in [2.05, 4.69) is 26.1 Å². The third-order valence-electron chi connectivity index (χ3n) is 3.08. The van der Waals surface area contributed by atoms with Gasteiger partial charge in [-0.15, -0.1) is 0 Å². The van der Waals surface area contributed by atoms with Crippen LogP contribution in [-0.4, -0.2) is 12.5 Å². The van der Waals surface area contributed by atoms with Gasteiger partial charge in [0.25, 0.3) is 0 Å². The molecule has 0 bridgehead atoms. The van der Waals surface area contributed by atoms with Gasteiger partial charge >= 0.3 is 0 Å². The fourth-order valence-corrected chi connectivity index (χ4v) is 1.79. The summed E-state index contributed by atoms with van der Waals surface area (Å²) in [5.74, 6) is 0.826. The standard InChI is InChI=1S/C9H17NO/c1-4-9(7(2)3)5-8(11)10-6-9/h7H,4-6H2,1-3H3,(H,10,11). The predicted octanol–water partition coefficient (Wildman–Crippen LogP) is 1.56. The van der Waals surface area contributed by atoms with Crippen LogP contribution < -0.4 is 5.32 Å². The molecule has 1 unspecified atom stereocenters. The zero-order valence-corrected chi connectivity index (χ0v) is 7.61. The van der Waals surface area contributed by atoms with Crippen molar-refractivity contribution < 1.29 is 4.79 Å². The maximum atomic E-state index is 11.0. The van der Waals surface area contributed by atoms with Crippen molar-refractivity contribution in [2.24, 2.45) is 11.3 Å². The van der Waals surface area contributed by atoms with Gasteiger partial charge in [0.2, 0.25) is 5.91 Å². The van der Waals surface area contributed by atoms with Crippen molar-refractivity contribution in [1.82, 2.24) is 5.32 Å². The molecule has 2 heteroatoms. The Balaban J connectivity index is 2.70. The zero-order valence-electron chi connectivity index (χ0n) is 7.61. The summed E-state index contributed by atoms with van der Waals surface area (Å²) in [4.78, 5) is 11.0. The van der Waals surface area contributed by atoms with Crippen LogP contribution in [0.5, 0.6) is 0 Å². The molecular weight excluding hydrogens is 138 g/mol. The van der Waals surface area contributed by atoms with Gasteiger partial charge in [0, 0.05) is 13.0 Å². The van der Waals surface area contributed by atoms with E-state index in [9.17, 15) is 4.79 Å². The Morgan fingerprint density at radius 1 is 1.64 bits per heavy atom. The van der Waals surface area contributed by atoms with Crippen molar-refractivity contribution in [2.75, 3.05) is 6.54 Å². The van der Waals surface area contributed by atoms with Crippen LogP contribution in [0.4, 0.5) is 0 Å². The van der Waals surface area contributed by atoms with Crippen molar-refractivity contribution in [3.8, 4) is 0 Å². The molecule has 64 valence electrons. The highest BCUT2D eigenvalue weighted by Crippen LogP contribution is 2.37. The Kier molecular flexibility index (Phi) is 2.21. The average Bonchev–Trinajstić information content (AvgIpc) is 2.33. The highest BCUT2D eigenvalue weighted by Gasteiger charge is 2.39. The smallest absolute Gasteiger partial charge is 0.220 e. The first kappa shape index (κ1) is 8.57. The second-order valence-corrected chi connectivity index (χ2v) is 3.82. The van der Waals surface area contributed by atoms with Crippen LogP contribution in [-0.2, 0) is 4.79 Å². The molecule has 0 radical (unpaired) electrons. The third kappa shape index (κ3) is 1.39. The van der Waals surface area contributed by atoms with Gasteiger partial charge in [-0.25, -0.2) is 0 Å². The summed E-state index contributed by atoms with van der Waals surface area (Å²) in [5, 5.41) is 2.90. The maximum absolute atomic E-state index is 11.0. The zero-order chi connectivity index (χ0) is 8.48. The fraction of sp³-hybridized carbons (Fsp3) is 0.889. The monoisotopic (exact) mass is 155 g/mol. The SMILES string of the molecule is CCC1(C(C)C)CNC(=O)C1.